The lowest BCUT2D eigenvalue weighted by Gasteiger charge is -2.55. The molecule has 4 heteroatoms. The van der Waals surface area contributed by atoms with Crippen LogP contribution in [0.4, 0.5) is 0 Å². The monoisotopic (exact) mass is 301 g/mol. The summed E-state index contributed by atoms with van der Waals surface area (Å²) in [5, 5.41) is 20.4. The zero-order valence-corrected chi connectivity index (χ0v) is 12.7. The van der Waals surface area contributed by atoms with Crippen LogP contribution in [0.2, 0.25) is 0 Å². The number of benzene rings is 1. The molecule has 1 aromatic carbocycles. The molecular weight excluding hydrogens is 278 g/mol. The second kappa shape index (κ2) is 5.86. The molecule has 2 bridgehead atoms. The summed E-state index contributed by atoms with van der Waals surface area (Å²) >= 11 is 0. The highest BCUT2D eigenvalue weighted by atomic mass is 16.3. The van der Waals surface area contributed by atoms with Gasteiger partial charge in [0.25, 0.3) is 5.91 Å². The summed E-state index contributed by atoms with van der Waals surface area (Å²) < 4.78 is 0. The fraction of sp³-hybridized carbons (Fsp3) is 0.500. The SMILES string of the molecule is C=CC[C@]12CC[C@H](O)[C@H](C1)[C@H](O)C(=O)N2Cc1ccccc1. The molecule has 1 heterocycles. The van der Waals surface area contributed by atoms with Crippen molar-refractivity contribution in [3.8, 4) is 0 Å². The molecule has 3 rings (SSSR count). The highest BCUT2D eigenvalue weighted by Crippen LogP contribution is 2.46. The Morgan fingerprint density at radius 1 is 1.32 bits per heavy atom. The molecule has 2 fully saturated rings. The average Bonchev–Trinajstić information content (AvgIpc) is 2.54. The molecule has 22 heavy (non-hydrogen) atoms. The van der Waals surface area contributed by atoms with Crippen molar-refractivity contribution in [3.63, 3.8) is 0 Å². The van der Waals surface area contributed by atoms with E-state index in [0.717, 1.165) is 12.0 Å². The third kappa shape index (κ3) is 2.46. The van der Waals surface area contributed by atoms with Gasteiger partial charge in [0.15, 0.2) is 0 Å². The van der Waals surface area contributed by atoms with Crippen LogP contribution in [0, 0.1) is 5.92 Å². The third-order valence-corrected chi connectivity index (χ3v) is 5.22. The molecule has 2 aliphatic rings. The maximum absolute atomic E-state index is 12.7. The van der Waals surface area contributed by atoms with Crippen molar-refractivity contribution in [1.82, 2.24) is 4.90 Å². The Hall–Kier alpha value is -1.65. The predicted octanol–water partition coefficient (Wildman–Crippen LogP) is 1.87. The Labute approximate surface area is 131 Å². The fourth-order valence-corrected chi connectivity index (χ4v) is 4.03. The molecule has 1 saturated carbocycles. The number of piperidine rings is 1. The number of carbonyl (C=O) groups excluding carboxylic acids is 1. The van der Waals surface area contributed by atoms with Crippen molar-refractivity contribution in [1.29, 1.82) is 0 Å². The first-order valence-electron chi connectivity index (χ1n) is 7.90. The lowest BCUT2D eigenvalue weighted by molar-refractivity contribution is -0.176. The topological polar surface area (TPSA) is 60.8 Å². The first-order chi connectivity index (χ1) is 10.6. The summed E-state index contributed by atoms with van der Waals surface area (Å²) in [7, 11) is 0. The minimum absolute atomic E-state index is 0.263. The van der Waals surface area contributed by atoms with E-state index >= 15 is 0 Å². The maximum Gasteiger partial charge on any atom is 0.252 e. The van der Waals surface area contributed by atoms with Gasteiger partial charge in [0.2, 0.25) is 0 Å². The Bertz CT molecular complexity index is 559. The molecule has 0 spiro atoms. The Balaban J connectivity index is 1.94. The zero-order chi connectivity index (χ0) is 15.7. The van der Waals surface area contributed by atoms with Crippen molar-refractivity contribution in [2.24, 2.45) is 5.92 Å². The van der Waals surface area contributed by atoms with Crippen LogP contribution in [0.15, 0.2) is 43.0 Å². The molecular formula is C18H23NO3. The van der Waals surface area contributed by atoms with E-state index in [-0.39, 0.29) is 17.4 Å². The number of aliphatic hydroxyl groups is 2. The van der Waals surface area contributed by atoms with E-state index in [1.807, 2.05) is 41.3 Å². The Morgan fingerprint density at radius 2 is 2.05 bits per heavy atom. The molecule has 1 aliphatic heterocycles. The van der Waals surface area contributed by atoms with Crippen molar-refractivity contribution < 1.29 is 15.0 Å². The van der Waals surface area contributed by atoms with E-state index < -0.39 is 12.2 Å². The third-order valence-electron chi connectivity index (χ3n) is 5.22. The molecule has 0 aromatic heterocycles. The first-order valence-corrected chi connectivity index (χ1v) is 7.90. The number of fused-ring (bicyclic) bond motifs is 2. The molecule has 0 unspecified atom stereocenters. The summed E-state index contributed by atoms with van der Waals surface area (Å²) in [6.45, 7) is 4.33. The van der Waals surface area contributed by atoms with Crippen LogP contribution >= 0.6 is 0 Å². The van der Waals surface area contributed by atoms with Gasteiger partial charge in [-0.2, -0.15) is 0 Å². The highest BCUT2D eigenvalue weighted by Gasteiger charge is 2.54. The molecule has 4 nitrogen and oxygen atoms in total. The first kappa shape index (κ1) is 15.3. The minimum Gasteiger partial charge on any atom is -0.393 e. The van der Waals surface area contributed by atoms with E-state index in [1.165, 1.54) is 0 Å². The maximum atomic E-state index is 12.7. The Kier molecular flexibility index (Phi) is 4.06. The van der Waals surface area contributed by atoms with E-state index in [0.29, 0.717) is 25.8 Å². The molecule has 1 saturated heterocycles. The summed E-state index contributed by atoms with van der Waals surface area (Å²) in [5.74, 6) is -0.617. The quantitative estimate of drug-likeness (QED) is 0.835. The molecule has 4 atom stereocenters. The van der Waals surface area contributed by atoms with E-state index in [2.05, 4.69) is 6.58 Å². The number of nitrogens with zero attached hydrogens (tertiary/aromatic N) is 1. The van der Waals surface area contributed by atoms with Crippen LogP contribution in [0.1, 0.15) is 31.2 Å². The number of hydrogen-bond acceptors (Lipinski definition) is 3. The summed E-state index contributed by atoms with van der Waals surface area (Å²) in [6, 6.07) is 9.83. The predicted molar refractivity (Wildman–Crippen MR) is 83.9 cm³/mol. The highest BCUT2D eigenvalue weighted by molar-refractivity contribution is 5.83. The summed E-state index contributed by atoms with van der Waals surface area (Å²) in [4.78, 5) is 14.5. The largest absolute Gasteiger partial charge is 0.393 e. The van der Waals surface area contributed by atoms with Gasteiger partial charge < -0.3 is 15.1 Å². The van der Waals surface area contributed by atoms with Crippen molar-refractivity contribution >= 4 is 5.91 Å². The number of amides is 1. The molecule has 1 aliphatic carbocycles. The lowest BCUT2D eigenvalue weighted by atomic mass is 9.66. The number of rotatable bonds is 4. The molecule has 0 radical (unpaired) electrons. The second-order valence-corrected chi connectivity index (χ2v) is 6.55. The van der Waals surface area contributed by atoms with E-state index in [4.69, 9.17) is 0 Å². The standard InChI is InChI=1S/C18H23NO3/c1-2-9-18-10-8-15(20)14(11-18)16(21)17(22)19(18)12-13-6-4-3-5-7-13/h2-7,14-16,20-21H,1,8-12H2/t14-,15-,16-,18-/m0/s1. The van der Waals surface area contributed by atoms with Gasteiger partial charge in [0.1, 0.15) is 6.10 Å². The molecule has 2 N–H and O–H groups in total. The summed E-state index contributed by atoms with van der Waals surface area (Å²) in [5.41, 5.74) is 0.730. The van der Waals surface area contributed by atoms with E-state index in [1.54, 1.807) is 0 Å². The minimum atomic E-state index is -1.10. The lowest BCUT2D eigenvalue weighted by Crippen LogP contribution is -2.65. The van der Waals surface area contributed by atoms with Crippen LogP contribution in [0.25, 0.3) is 0 Å². The molecule has 1 amide bonds. The molecule has 118 valence electrons. The normalized spacial score (nSPS) is 34.5. The number of carbonyl (C=O) groups is 1. The number of likely N-dealkylation sites (tertiary alicyclic amines) is 1. The summed E-state index contributed by atoms with van der Waals surface area (Å²) in [6.07, 6.45) is 2.86. The van der Waals surface area contributed by atoms with Crippen LogP contribution in [0.5, 0.6) is 0 Å². The van der Waals surface area contributed by atoms with Crippen LogP contribution in [0.3, 0.4) is 0 Å². The van der Waals surface area contributed by atoms with Gasteiger partial charge >= 0.3 is 0 Å². The van der Waals surface area contributed by atoms with Crippen molar-refractivity contribution in [2.45, 2.75) is 50.0 Å². The van der Waals surface area contributed by atoms with Crippen LogP contribution in [-0.4, -0.2) is 38.8 Å². The average molecular weight is 301 g/mol. The number of aliphatic hydroxyl groups excluding tert-OH is 2. The van der Waals surface area contributed by atoms with Gasteiger partial charge in [-0.1, -0.05) is 36.4 Å². The second-order valence-electron chi connectivity index (χ2n) is 6.55. The van der Waals surface area contributed by atoms with Gasteiger partial charge in [0.05, 0.1) is 6.10 Å². The zero-order valence-electron chi connectivity index (χ0n) is 12.7. The van der Waals surface area contributed by atoms with Gasteiger partial charge in [0, 0.05) is 18.0 Å². The van der Waals surface area contributed by atoms with Gasteiger partial charge in [-0.15, -0.1) is 6.58 Å². The van der Waals surface area contributed by atoms with Crippen LogP contribution < -0.4 is 0 Å². The fourth-order valence-electron chi connectivity index (χ4n) is 4.03. The van der Waals surface area contributed by atoms with Gasteiger partial charge in [-0.25, -0.2) is 0 Å². The van der Waals surface area contributed by atoms with Crippen molar-refractivity contribution in [3.05, 3.63) is 48.6 Å². The molecule has 1 aromatic rings. The van der Waals surface area contributed by atoms with Crippen molar-refractivity contribution in [2.75, 3.05) is 0 Å². The van der Waals surface area contributed by atoms with E-state index in [9.17, 15) is 15.0 Å². The number of hydrogen-bond donors (Lipinski definition) is 2. The smallest absolute Gasteiger partial charge is 0.252 e. The Morgan fingerprint density at radius 3 is 2.73 bits per heavy atom. The van der Waals surface area contributed by atoms with Gasteiger partial charge in [-0.3, -0.25) is 4.79 Å². The van der Waals surface area contributed by atoms with Crippen LogP contribution in [-0.2, 0) is 11.3 Å². The van der Waals surface area contributed by atoms with Gasteiger partial charge in [-0.05, 0) is 31.2 Å².